The molecule has 0 aliphatic rings. The summed E-state index contributed by atoms with van der Waals surface area (Å²) in [4.78, 5) is 11.5. The number of nitrogens with one attached hydrogen (secondary N) is 2. The van der Waals surface area contributed by atoms with Crippen LogP contribution in [0.3, 0.4) is 0 Å². The first-order valence-electron chi connectivity index (χ1n) is 8.68. The highest BCUT2D eigenvalue weighted by Crippen LogP contribution is 2.21. The summed E-state index contributed by atoms with van der Waals surface area (Å²) in [5.74, 6) is 1.55. The van der Waals surface area contributed by atoms with Crippen LogP contribution >= 0.6 is 0 Å². The molecule has 2 N–H and O–H groups in total. The molecule has 1 heterocycles. The lowest BCUT2D eigenvalue weighted by Gasteiger charge is -2.15. The molecule has 1 atom stereocenters. The molecule has 0 fully saturated rings. The van der Waals surface area contributed by atoms with E-state index in [1.165, 1.54) is 0 Å². The molecule has 1 aromatic heterocycles. The van der Waals surface area contributed by atoms with Gasteiger partial charge in [-0.25, -0.2) is 4.98 Å². The van der Waals surface area contributed by atoms with Gasteiger partial charge in [-0.1, -0.05) is 37.3 Å². The lowest BCUT2D eigenvalue weighted by atomic mass is 10.1. The van der Waals surface area contributed by atoms with Gasteiger partial charge in [0.25, 0.3) is 0 Å². The Morgan fingerprint density at radius 2 is 1.88 bits per heavy atom. The second-order valence-electron chi connectivity index (χ2n) is 6.37. The molecule has 5 heteroatoms. The van der Waals surface area contributed by atoms with Gasteiger partial charge in [0, 0.05) is 24.2 Å². The number of hydrogen-bond donors (Lipinski definition) is 2. The number of anilines is 2. The van der Waals surface area contributed by atoms with Gasteiger partial charge in [0.05, 0.1) is 5.69 Å². The second-order valence-corrected chi connectivity index (χ2v) is 6.37. The van der Waals surface area contributed by atoms with Gasteiger partial charge in [0.2, 0.25) is 5.95 Å². The molecule has 5 nitrogen and oxygen atoms in total. The van der Waals surface area contributed by atoms with E-state index in [-0.39, 0.29) is 0 Å². The minimum atomic E-state index is 0.345. The normalized spacial score (nSPS) is 12.2. The van der Waals surface area contributed by atoms with Crippen molar-refractivity contribution in [2.45, 2.75) is 32.7 Å². The minimum Gasteiger partial charge on any atom is -0.370 e. The third kappa shape index (κ3) is 5.81. The highest BCUT2D eigenvalue weighted by Gasteiger charge is 2.08. The van der Waals surface area contributed by atoms with Crippen molar-refractivity contribution >= 4 is 11.8 Å². The molecule has 0 radical (unpaired) electrons. The van der Waals surface area contributed by atoms with Crippen molar-refractivity contribution in [1.82, 2.24) is 14.9 Å². The summed E-state index contributed by atoms with van der Waals surface area (Å²) in [6.45, 7) is 6.25. The van der Waals surface area contributed by atoms with E-state index in [2.05, 4.69) is 65.6 Å². The highest BCUT2D eigenvalue weighted by atomic mass is 15.2. The quantitative estimate of drug-likeness (QED) is 0.688. The Kier molecular flexibility index (Phi) is 7.00. The van der Waals surface area contributed by atoms with Crippen LogP contribution in [0.1, 0.15) is 26.7 Å². The molecular formula is C19H29N5. The molecule has 130 valence electrons. The van der Waals surface area contributed by atoms with Crippen LogP contribution in [0.25, 0.3) is 11.3 Å². The fourth-order valence-electron chi connectivity index (χ4n) is 2.29. The molecule has 1 aromatic carbocycles. The number of nitrogens with zero attached hydrogens (tertiary/aromatic N) is 3. The van der Waals surface area contributed by atoms with Gasteiger partial charge in [-0.2, -0.15) is 4.98 Å². The first-order chi connectivity index (χ1) is 11.6. The maximum Gasteiger partial charge on any atom is 0.225 e. The van der Waals surface area contributed by atoms with Crippen molar-refractivity contribution in [3.05, 3.63) is 36.4 Å². The van der Waals surface area contributed by atoms with E-state index in [9.17, 15) is 0 Å². The Morgan fingerprint density at radius 3 is 2.54 bits per heavy atom. The summed E-state index contributed by atoms with van der Waals surface area (Å²) in [6.07, 6.45) is 2.11. The summed E-state index contributed by atoms with van der Waals surface area (Å²) >= 11 is 0. The highest BCUT2D eigenvalue weighted by molar-refractivity contribution is 5.64. The van der Waals surface area contributed by atoms with Gasteiger partial charge in [0.1, 0.15) is 5.82 Å². The van der Waals surface area contributed by atoms with Crippen molar-refractivity contribution in [3.63, 3.8) is 0 Å². The summed E-state index contributed by atoms with van der Waals surface area (Å²) < 4.78 is 0. The van der Waals surface area contributed by atoms with Crippen LogP contribution in [0.4, 0.5) is 11.8 Å². The Hall–Kier alpha value is -2.14. The predicted molar refractivity (Wildman–Crippen MR) is 103 cm³/mol. The van der Waals surface area contributed by atoms with Crippen LogP contribution in [0.15, 0.2) is 36.4 Å². The van der Waals surface area contributed by atoms with Crippen molar-refractivity contribution in [1.29, 1.82) is 0 Å². The zero-order valence-corrected chi connectivity index (χ0v) is 15.2. The molecular weight excluding hydrogens is 298 g/mol. The Morgan fingerprint density at radius 1 is 1.12 bits per heavy atom. The van der Waals surface area contributed by atoms with E-state index < -0.39 is 0 Å². The van der Waals surface area contributed by atoms with Gasteiger partial charge < -0.3 is 15.5 Å². The van der Waals surface area contributed by atoms with Crippen LogP contribution in [0.5, 0.6) is 0 Å². The zero-order chi connectivity index (χ0) is 17.4. The average molecular weight is 327 g/mol. The fraction of sp³-hybridized carbons (Fsp3) is 0.474. The zero-order valence-electron chi connectivity index (χ0n) is 15.2. The molecule has 0 aliphatic heterocycles. The molecule has 1 unspecified atom stereocenters. The average Bonchev–Trinajstić information content (AvgIpc) is 2.59. The molecule has 0 bridgehead atoms. The van der Waals surface area contributed by atoms with E-state index >= 15 is 0 Å². The third-order valence-electron chi connectivity index (χ3n) is 3.87. The van der Waals surface area contributed by atoms with Gasteiger partial charge in [0.15, 0.2) is 0 Å². The molecule has 2 rings (SSSR count). The van der Waals surface area contributed by atoms with Gasteiger partial charge in [-0.05, 0) is 40.4 Å². The first-order valence-corrected chi connectivity index (χ1v) is 8.68. The molecule has 24 heavy (non-hydrogen) atoms. The second kappa shape index (κ2) is 9.23. The van der Waals surface area contributed by atoms with E-state index in [1.807, 2.05) is 24.3 Å². The first kappa shape index (κ1) is 18.2. The maximum atomic E-state index is 4.68. The fourth-order valence-corrected chi connectivity index (χ4v) is 2.29. The molecule has 0 saturated carbocycles. The SMILES string of the molecule is CCC(C)Nc1nc(NCCCN(C)C)cc(-c2ccccc2)n1. The molecule has 0 amide bonds. The summed E-state index contributed by atoms with van der Waals surface area (Å²) in [5, 5.41) is 6.80. The number of aromatic nitrogens is 2. The third-order valence-corrected chi connectivity index (χ3v) is 3.87. The lowest BCUT2D eigenvalue weighted by Crippen LogP contribution is -2.18. The lowest BCUT2D eigenvalue weighted by molar-refractivity contribution is 0.405. The smallest absolute Gasteiger partial charge is 0.225 e. The standard InChI is InChI=1S/C19H29N5/c1-5-15(2)21-19-22-17(16-10-7-6-8-11-16)14-18(23-19)20-12-9-13-24(3)4/h6-8,10-11,14-15H,5,9,12-13H2,1-4H3,(H2,20,21,22,23). The summed E-state index contributed by atoms with van der Waals surface area (Å²) in [6, 6.07) is 12.6. The Bertz CT molecular complexity index is 612. The summed E-state index contributed by atoms with van der Waals surface area (Å²) in [7, 11) is 4.18. The van der Waals surface area contributed by atoms with Crippen LogP contribution in [-0.4, -0.2) is 48.1 Å². The van der Waals surface area contributed by atoms with E-state index in [4.69, 9.17) is 0 Å². The van der Waals surface area contributed by atoms with Crippen molar-refractivity contribution < 1.29 is 0 Å². The van der Waals surface area contributed by atoms with Gasteiger partial charge in [-0.15, -0.1) is 0 Å². The van der Waals surface area contributed by atoms with Gasteiger partial charge in [-0.3, -0.25) is 0 Å². The van der Waals surface area contributed by atoms with Crippen LogP contribution in [0.2, 0.25) is 0 Å². The van der Waals surface area contributed by atoms with E-state index in [1.54, 1.807) is 0 Å². The van der Waals surface area contributed by atoms with Crippen LogP contribution in [0, 0.1) is 0 Å². The van der Waals surface area contributed by atoms with Crippen molar-refractivity contribution in [2.75, 3.05) is 37.8 Å². The Balaban J connectivity index is 2.17. The van der Waals surface area contributed by atoms with Gasteiger partial charge >= 0.3 is 0 Å². The Labute approximate surface area is 145 Å². The number of benzene rings is 1. The monoisotopic (exact) mass is 327 g/mol. The molecule has 0 saturated heterocycles. The minimum absolute atomic E-state index is 0.345. The molecule has 0 spiro atoms. The molecule has 2 aromatic rings. The van der Waals surface area contributed by atoms with Crippen LogP contribution in [-0.2, 0) is 0 Å². The predicted octanol–water partition coefficient (Wildman–Crippen LogP) is 3.72. The summed E-state index contributed by atoms with van der Waals surface area (Å²) in [5.41, 5.74) is 2.04. The topological polar surface area (TPSA) is 53.1 Å². The number of hydrogen-bond acceptors (Lipinski definition) is 5. The van der Waals surface area contributed by atoms with E-state index in [0.717, 1.165) is 43.0 Å². The van der Waals surface area contributed by atoms with Crippen molar-refractivity contribution in [2.24, 2.45) is 0 Å². The number of rotatable bonds is 9. The largest absolute Gasteiger partial charge is 0.370 e. The van der Waals surface area contributed by atoms with E-state index in [0.29, 0.717) is 12.0 Å². The maximum absolute atomic E-state index is 4.68. The van der Waals surface area contributed by atoms with Crippen LogP contribution < -0.4 is 10.6 Å². The molecule has 0 aliphatic carbocycles. The van der Waals surface area contributed by atoms with Crippen molar-refractivity contribution in [3.8, 4) is 11.3 Å².